The Morgan fingerprint density at radius 2 is 1.59 bits per heavy atom. The van der Waals surface area contributed by atoms with Gasteiger partial charge < -0.3 is 9.64 Å². The molecule has 0 bridgehead atoms. The van der Waals surface area contributed by atoms with Gasteiger partial charge in [-0.1, -0.05) is 54.7 Å². The lowest BCUT2D eigenvalue weighted by molar-refractivity contribution is 0.303. The van der Waals surface area contributed by atoms with Gasteiger partial charge in [0.2, 0.25) is 0 Å². The molecule has 3 rings (SSSR count). The molecular weight excluding hydrogens is 290 g/mol. The Morgan fingerprint density at radius 1 is 0.909 bits per heavy atom. The zero-order valence-corrected chi connectivity index (χ0v) is 13.5. The van der Waals surface area contributed by atoms with E-state index in [1.54, 1.807) is 0 Å². The van der Waals surface area contributed by atoms with Gasteiger partial charge in [0.1, 0.15) is 17.3 Å². The van der Waals surface area contributed by atoms with Crippen LogP contribution in [0.15, 0.2) is 54.6 Å². The average molecular weight is 311 g/mol. The van der Waals surface area contributed by atoms with Crippen LogP contribution in [0, 0.1) is 0 Å². The van der Waals surface area contributed by atoms with Crippen molar-refractivity contribution in [1.82, 2.24) is 4.90 Å². The molecule has 3 heteroatoms. The second kappa shape index (κ2) is 7.41. The van der Waals surface area contributed by atoms with Crippen molar-refractivity contribution in [3.8, 4) is 5.75 Å². The summed E-state index contributed by atoms with van der Waals surface area (Å²) in [7, 11) is 0. The number of benzene rings is 2. The van der Waals surface area contributed by atoms with E-state index in [-0.39, 0.29) is 0 Å². The van der Waals surface area contributed by atoms with E-state index in [4.69, 9.17) is 17.0 Å². The van der Waals surface area contributed by atoms with Gasteiger partial charge in [-0.2, -0.15) is 0 Å². The molecule has 1 aliphatic heterocycles. The first-order valence-corrected chi connectivity index (χ1v) is 8.30. The van der Waals surface area contributed by atoms with Crippen LogP contribution in [-0.4, -0.2) is 23.0 Å². The van der Waals surface area contributed by atoms with Gasteiger partial charge in [-0.15, -0.1) is 0 Å². The van der Waals surface area contributed by atoms with Gasteiger partial charge in [0, 0.05) is 13.1 Å². The number of ether oxygens (including phenoxy) is 1. The Labute approximate surface area is 137 Å². The van der Waals surface area contributed by atoms with Gasteiger partial charge in [0.15, 0.2) is 0 Å². The third-order valence-electron chi connectivity index (χ3n) is 4.00. The van der Waals surface area contributed by atoms with Crippen molar-refractivity contribution in [1.29, 1.82) is 0 Å². The molecule has 0 aromatic heterocycles. The van der Waals surface area contributed by atoms with Gasteiger partial charge >= 0.3 is 0 Å². The molecule has 0 N–H and O–H groups in total. The summed E-state index contributed by atoms with van der Waals surface area (Å²) in [5.41, 5.74) is 2.21. The highest BCUT2D eigenvalue weighted by Gasteiger charge is 2.17. The lowest BCUT2D eigenvalue weighted by atomic mass is 10.1. The number of likely N-dealkylation sites (tertiary alicyclic amines) is 1. The second-order valence-electron chi connectivity index (χ2n) is 5.62. The van der Waals surface area contributed by atoms with E-state index in [0.717, 1.165) is 29.4 Å². The Morgan fingerprint density at radius 3 is 2.36 bits per heavy atom. The normalized spacial score (nSPS) is 14.6. The van der Waals surface area contributed by atoms with Gasteiger partial charge in [-0.3, -0.25) is 0 Å². The van der Waals surface area contributed by atoms with Crippen molar-refractivity contribution in [2.75, 3.05) is 13.1 Å². The van der Waals surface area contributed by atoms with Crippen molar-refractivity contribution in [3.63, 3.8) is 0 Å². The summed E-state index contributed by atoms with van der Waals surface area (Å²) >= 11 is 5.70. The molecule has 1 saturated heterocycles. The number of hydrogen-bond acceptors (Lipinski definition) is 2. The van der Waals surface area contributed by atoms with Gasteiger partial charge in [0.25, 0.3) is 0 Å². The van der Waals surface area contributed by atoms with Crippen LogP contribution in [0.1, 0.15) is 30.4 Å². The molecule has 0 saturated carbocycles. The maximum Gasteiger partial charge on any atom is 0.130 e. The number of nitrogens with zero attached hydrogens (tertiary/aromatic N) is 1. The number of rotatable bonds is 4. The van der Waals surface area contributed by atoms with Gasteiger partial charge in [0.05, 0.1) is 5.56 Å². The summed E-state index contributed by atoms with van der Waals surface area (Å²) in [6.45, 7) is 2.69. The first-order valence-electron chi connectivity index (χ1n) is 7.89. The number of hydrogen-bond donors (Lipinski definition) is 0. The molecule has 0 radical (unpaired) electrons. The minimum Gasteiger partial charge on any atom is -0.488 e. The maximum atomic E-state index is 6.02. The predicted octanol–water partition coefficient (Wildman–Crippen LogP) is 4.43. The molecule has 2 aromatic rings. The molecule has 1 heterocycles. The summed E-state index contributed by atoms with van der Waals surface area (Å²) in [4.78, 5) is 3.23. The van der Waals surface area contributed by atoms with Crippen LogP contribution in [-0.2, 0) is 6.61 Å². The zero-order chi connectivity index (χ0) is 15.2. The first-order chi connectivity index (χ1) is 10.8. The number of para-hydroxylation sites is 1. The third kappa shape index (κ3) is 3.66. The zero-order valence-electron chi connectivity index (χ0n) is 12.7. The third-order valence-corrected chi connectivity index (χ3v) is 4.48. The standard InChI is InChI=1S/C19H21NOS/c22-19(20-13-7-2-8-14-20)17-11-5-6-12-18(17)21-15-16-9-3-1-4-10-16/h1,3-6,9-12H,2,7-8,13-15H2. The molecule has 114 valence electrons. The SMILES string of the molecule is S=C(c1ccccc1OCc1ccccc1)N1CCCCC1. The van der Waals surface area contributed by atoms with Crippen molar-refractivity contribution in [3.05, 3.63) is 65.7 Å². The monoisotopic (exact) mass is 311 g/mol. The summed E-state index contributed by atoms with van der Waals surface area (Å²) in [5.74, 6) is 0.877. The van der Waals surface area contributed by atoms with E-state index in [1.165, 1.54) is 24.8 Å². The summed E-state index contributed by atoms with van der Waals surface area (Å²) in [6.07, 6.45) is 3.77. The minimum atomic E-state index is 0.570. The van der Waals surface area contributed by atoms with Crippen LogP contribution >= 0.6 is 12.2 Å². The molecule has 1 fully saturated rings. The van der Waals surface area contributed by atoms with E-state index in [0.29, 0.717) is 6.61 Å². The van der Waals surface area contributed by atoms with Gasteiger partial charge in [-0.25, -0.2) is 0 Å². The topological polar surface area (TPSA) is 12.5 Å². The van der Waals surface area contributed by atoms with E-state index in [2.05, 4.69) is 23.1 Å². The largest absolute Gasteiger partial charge is 0.488 e. The Hall–Kier alpha value is -1.87. The lowest BCUT2D eigenvalue weighted by Crippen LogP contribution is -2.35. The minimum absolute atomic E-state index is 0.570. The fourth-order valence-corrected chi connectivity index (χ4v) is 3.12. The highest BCUT2D eigenvalue weighted by Crippen LogP contribution is 2.23. The van der Waals surface area contributed by atoms with Crippen molar-refractivity contribution < 1.29 is 4.74 Å². The van der Waals surface area contributed by atoms with Crippen LogP contribution in [0.5, 0.6) is 5.75 Å². The van der Waals surface area contributed by atoms with Crippen molar-refractivity contribution >= 4 is 17.2 Å². The number of thiocarbonyl (C=S) groups is 1. The predicted molar refractivity (Wildman–Crippen MR) is 94.3 cm³/mol. The Kier molecular flexibility index (Phi) is 5.07. The van der Waals surface area contributed by atoms with E-state index in [1.807, 2.05) is 36.4 Å². The second-order valence-corrected chi connectivity index (χ2v) is 6.01. The average Bonchev–Trinajstić information content (AvgIpc) is 2.61. The van der Waals surface area contributed by atoms with Crippen molar-refractivity contribution in [2.24, 2.45) is 0 Å². The van der Waals surface area contributed by atoms with Crippen LogP contribution in [0.2, 0.25) is 0 Å². The summed E-state index contributed by atoms with van der Waals surface area (Å²) in [6, 6.07) is 18.3. The van der Waals surface area contributed by atoms with Gasteiger partial charge in [-0.05, 0) is 37.0 Å². The Balaban J connectivity index is 1.73. The molecule has 0 spiro atoms. The molecule has 0 atom stereocenters. The molecular formula is C19H21NOS. The molecule has 0 unspecified atom stereocenters. The molecule has 2 aromatic carbocycles. The van der Waals surface area contributed by atoms with Crippen LogP contribution < -0.4 is 4.74 Å². The highest BCUT2D eigenvalue weighted by atomic mass is 32.1. The maximum absolute atomic E-state index is 6.02. The van der Waals surface area contributed by atoms with Crippen LogP contribution in [0.25, 0.3) is 0 Å². The summed E-state index contributed by atoms with van der Waals surface area (Å²) < 4.78 is 6.02. The quantitative estimate of drug-likeness (QED) is 0.775. The van der Waals surface area contributed by atoms with Crippen molar-refractivity contribution in [2.45, 2.75) is 25.9 Å². The molecule has 0 amide bonds. The molecule has 22 heavy (non-hydrogen) atoms. The fourth-order valence-electron chi connectivity index (χ4n) is 2.77. The molecule has 1 aliphatic rings. The fraction of sp³-hybridized carbons (Fsp3) is 0.316. The smallest absolute Gasteiger partial charge is 0.130 e. The molecule has 0 aliphatic carbocycles. The van der Waals surface area contributed by atoms with Crippen LogP contribution in [0.3, 0.4) is 0 Å². The lowest BCUT2D eigenvalue weighted by Gasteiger charge is -2.29. The molecule has 2 nitrogen and oxygen atoms in total. The van der Waals surface area contributed by atoms with E-state index < -0.39 is 0 Å². The first kappa shape index (κ1) is 15.0. The Bertz CT molecular complexity index is 620. The number of piperidine rings is 1. The highest BCUT2D eigenvalue weighted by molar-refractivity contribution is 7.80. The summed E-state index contributed by atoms with van der Waals surface area (Å²) in [5, 5.41) is 0. The van der Waals surface area contributed by atoms with E-state index >= 15 is 0 Å². The van der Waals surface area contributed by atoms with Crippen LogP contribution in [0.4, 0.5) is 0 Å². The van der Waals surface area contributed by atoms with E-state index in [9.17, 15) is 0 Å².